The average Bonchev–Trinajstić information content (AvgIpc) is 3.15. The van der Waals surface area contributed by atoms with Gasteiger partial charge in [0.1, 0.15) is 16.5 Å². The van der Waals surface area contributed by atoms with Gasteiger partial charge in [0.2, 0.25) is 0 Å². The molecule has 0 unspecified atom stereocenters. The lowest BCUT2D eigenvalue weighted by atomic mass is 10.2. The molecule has 7 heteroatoms. The normalized spacial score (nSPS) is 11.1. The minimum Gasteiger partial charge on any atom is -0.396 e. The SMILES string of the molecule is CNc1nc(CSCCO)nc2scc(-c3cccs3)c12. The van der Waals surface area contributed by atoms with Crippen molar-refractivity contribution in [2.75, 3.05) is 24.7 Å². The average molecular weight is 337 g/mol. The molecule has 3 aromatic rings. The summed E-state index contributed by atoms with van der Waals surface area (Å²) >= 11 is 5.02. The number of nitrogens with one attached hydrogen (secondary N) is 1. The molecule has 3 aromatic heterocycles. The monoisotopic (exact) mass is 337 g/mol. The summed E-state index contributed by atoms with van der Waals surface area (Å²) in [6, 6.07) is 4.18. The molecule has 3 heterocycles. The Balaban J connectivity index is 2.02. The number of anilines is 1. The molecule has 0 aliphatic carbocycles. The zero-order chi connectivity index (χ0) is 14.7. The van der Waals surface area contributed by atoms with Gasteiger partial charge in [0, 0.05) is 28.6 Å². The molecular formula is C14H15N3OS3. The minimum absolute atomic E-state index is 0.188. The van der Waals surface area contributed by atoms with Crippen molar-refractivity contribution >= 4 is 50.5 Å². The van der Waals surface area contributed by atoms with E-state index in [0.29, 0.717) is 5.75 Å². The van der Waals surface area contributed by atoms with E-state index in [-0.39, 0.29) is 6.61 Å². The van der Waals surface area contributed by atoms with Gasteiger partial charge in [-0.3, -0.25) is 0 Å². The first-order valence-electron chi connectivity index (χ1n) is 6.52. The topological polar surface area (TPSA) is 58.0 Å². The molecule has 0 amide bonds. The molecule has 0 aliphatic heterocycles. The summed E-state index contributed by atoms with van der Waals surface area (Å²) in [4.78, 5) is 11.5. The van der Waals surface area contributed by atoms with Gasteiger partial charge in [-0.05, 0) is 11.4 Å². The number of thiophene rings is 2. The van der Waals surface area contributed by atoms with Gasteiger partial charge in [-0.1, -0.05) is 6.07 Å². The van der Waals surface area contributed by atoms with E-state index in [2.05, 4.69) is 38.2 Å². The second-order valence-corrected chi connectivity index (χ2v) is 7.23. The van der Waals surface area contributed by atoms with Crippen molar-refractivity contribution < 1.29 is 5.11 Å². The highest BCUT2D eigenvalue weighted by atomic mass is 32.2. The first-order valence-corrected chi connectivity index (χ1v) is 9.43. The van der Waals surface area contributed by atoms with Crippen molar-refractivity contribution in [3.8, 4) is 10.4 Å². The van der Waals surface area contributed by atoms with Gasteiger partial charge in [-0.2, -0.15) is 11.8 Å². The highest BCUT2D eigenvalue weighted by Crippen LogP contribution is 2.38. The van der Waals surface area contributed by atoms with E-state index in [9.17, 15) is 0 Å². The Morgan fingerprint density at radius 1 is 1.33 bits per heavy atom. The second-order valence-electron chi connectivity index (χ2n) is 4.32. The van der Waals surface area contributed by atoms with E-state index < -0.39 is 0 Å². The van der Waals surface area contributed by atoms with Crippen LogP contribution in [0.4, 0.5) is 5.82 Å². The Bertz CT molecular complexity index is 724. The fraction of sp³-hybridized carbons (Fsp3) is 0.286. The standard InChI is InChI=1S/C14H15N3OS3/c1-15-13-12-9(10-3-2-5-20-10)7-21-14(12)17-11(16-13)8-19-6-4-18/h2-3,5,7,18H,4,6,8H2,1H3,(H,15,16,17). The summed E-state index contributed by atoms with van der Waals surface area (Å²) in [7, 11) is 1.89. The number of thioether (sulfide) groups is 1. The Morgan fingerprint density at radius 2 is 2.24 bits per heavy atom. The molecule has 0 radical (unpaired) electrons. The van der Waals surface area contributed by atoms with Crippen molar-refractivity contribution in [3.05, 3.63) is 28.7 Å². The summed E-state index contributed by atoms with van der Waals surface area (Å²) < 4.78 is 0. The minimum atomic E-state index is 0.188. The second kappa shape index (κ2) is 6.74. The van der Waals surface area contributed by atoms with Crippen LogP contribution in [-0.2, 0) is 5.75 Å². The van der Waals surface area contributed by atoms with Gasteiger partial charge in [-0.25, -0.2) is 9.97 Å². The van der Waals surface area contributed by atoms with Crippen molar-refractivity contribution in [1.82, 2.24) is 9.97 Å². The zero-order valence-electron chi connectivity index (χ0n) is 11.5. The number of aliphatic hydroxyl groups is 1. The predicted molar refractivity (Wildman–Crippen MR) is 93.5 cm³/mol. The Labute approximate surface area is 135 Å². The van der Waals surface area contributed by atoms with E-state index in [1.165, 1.54) is 10.4 Å². The highest BCUT2D eigenvalue weighted by molar-refractivity contribution is 7.98. The van der Waals surface area contributed by atoms with Crippen LogP contribution in [0.3, 0.4) is 0 Å². The fourth-order valence-electron chi connectivity index (χ4n) is 2.07. The lowest BCUT2D eigenvalue weighted by molar-refractivity contribution is 0.322. The summed E-state index contributed by atoms with van der Waals surface area (Å²) in [6.45, 7) is 0.188. The molecule has 0 saturated heterocycles. The van der Waals surface area contributed by atoms with Crippen LogP contribution in [-0.4, -0.2) is 34.5 Å². The van der Waals surface area contributed by atoms with E-state index in [0.717, 1.165) is 27.6 Å². The Kier molecular flexibility index (Phi) is 4.74. The zero-order valence-corrected chi connectivity index (χ0v) is 13.9. The molecule has 0 fully saturated rings. The van der Waals surface area contributed by atoms with Crippen molar-refractivity contribution in [2.24, 2.45) is 0 Å². The van der Waals surface area contributed by atoms with Crippen LogP contribution in [0.2, 0.25) is 0 Å². The fourth-order valence-corrected chi connectivity index (χ4v) is 4.44. The Hall–Kier alpha value is -1.15. The van der Waals surface area contributed by atoms with E-state index in [1.807, 2.05) is 7.05 Å². The first kappa shape index (κ1) is 14.8. The maximum absolute atomic E-state index is 8.85. The van der Waals surface area contributed by atoms with Gasteiger partial charge < -0.3 is 10.4 Å². The lowest BCUT2D eigenvalue weighted by Gasteiger charge is -2.06. The van der Waals surface area contributed by atoms with Gasteiger partial charge in [0.15, 0.2) is 0 Å². The number of rotatable bonds is 6. The van der Waals surface area contributed by atoms with Crippen molar-refractivity contribution in [1.29, 1.82) is 0 Å². The number of aliphatic hydroxyl groups excluding tert-OH is 1. The molecule has 0 atom stereocenters. The number of nitrogens with zero attached hydrogens (tertiary/aromatic N) is 2. The Morgan fingerprint density at radius 3 is 2.95 bits per heavy atom. The molecule has 21 heavy (non-hydrogen) atoms. The van der Waals surface area contributed by atoms with Crippen LogP contribution in [0.5, 0.6) is 0 Å². The van der Waals surface area contributed by atoms with Gasteiger partial charge in [0.05, 0.1) is 17.7 Å². The number of fused-ring (bicyclic) bond motifs is 1. The third-order valence-corrected chi connectivity index (χ3v) is 5.68. The molecule has 110 valence electrons. The quantitative estimate of drug-likeness (QED) is 0.672. The van der Waals surface area contributed by atoms with Crippen LogP contribution in [0, 0.1) is 0 Å². The van der Waals surface area contributed by atoms with Gasteiger partial charge in [0.25, 0.3) is 0 Å². The van der Waals surface area contributed by atoms with E-state index in [1.54, 1.807) is 34.4 Å². The molecule has 4 nitrogen and oxygen atoms in total. The van der Waals surface area contributed by atoms with Crippen LogP contribution in [0.25, 0.3) is 20.7 Å². The summed E-state index contributed by atoms with van der Waals surface area (Å²) in [5.74, 6) is 3.12. The first-order chi connectivity index (χ1) is 10.3. The maximum atomic E-state index is 8.85. The van der Waals surface area contributed by atoms with Crippen LogP contribution in [0.1, 0.15) is 5.82 Å². The molecule has 0 aromatic carbocycles. The highest BCUT2D eigenvalue weighted by Gasteiger charge is 2.15. The summed E-state index contributed by atoms with van der Waals surface area (Å²) in [5, 5.41) is 17.4. The molecule has 3 rings (SSSR count). The van der Waals surface area contributed by atoms with Gasteiger partial charge >= 0.3 is 0 Å². The largest absolute Gasteiger partial charge is 0.396 e. The molecular weight excluding hydrogens is 322 g/mol. The molecule has 0 saturated carbocycles. The summed E-state index contributed by atoms with van der Waals surface area (Å²) in [5.41, 5.74) is 1.20. The van der Waals surface area contributed by atoms with E-state index >= 15 is 0 Å². The third-order valence-electron chi connectivity index (χ3n) is 2.97. The smallest absolute Gasteiger partial charge is 0.142 e. The third kappa shape index (κ3) is 3.06. The number of hydrogen-bond acceptors (Lipinski definition) is 7. The van der Waals surface area contributed by atoms with E-state index in [4.69, 9.17) is 5.11 Å². The van der Waals surface area contributed by atoms with Gasteiger partial charge in [-0.15, -0.1) is 22.7 Å². The molecule has 2 N–H and O–H groups in total. The molecule has 0 bridgehead atoms. The lowest BCUT2D eigenvalue weighted by Crippen LogP contribution is -2.00. The number of hydrogen-bond donors (Lipinski definition) is 2. The van der Waals surface area contributed by atoms with Crippen molar-refractivity contribution in [2.45, 2.75) is 5.75 Å². The van der Waals surface area contributed by atoms with Crippen LogP contribution < -0.4 is 5.32 Å². The van der Waals surface area contributed by atoms with Crippen LogP contribution in [0.15, 0.2) is 22.9 Å². The maximum Gasteiger partial charge on any atom is 0.142 e. The number of aromatic nitrogens is 2. The predicted octanol–water partition coefficient (Wildman–Crippen LogP) is 3.69. The summed E-state index contributed by atoms with van der Waals surface area (Å²) in [6.07, 6.45) is 0. The van der Waals surface area contributed by atoms with Crippen molar-refractivity contribution in [3.63, 3.8) is 0 Å². The molecule has 0 aliphatic rings. The molecule has 0 spiro atoms. The van der Waals surface area contributed by atoms with Crippen LogP contribution >= 0.6 is 34.4 Å².